The van der Waals surface area contributed by atoms with Crippen molar-refractivity contribution in [3.63, 3.8) is 0 Å². The predicted octanol–water partition coefficient (Wildman–Crippen LogP) is 4.97. The number of rotatable bonds is 5. The van der Waals surface area contributed by atoms with Gasteiger partial charge in [-0.15, -0.1) is 0 Å². The van der Waals surface area contributed by atoms with Gasteiger partial charge in [-0.1, -0.05) is 42.1 Å². The molecule has 1 atom stereocenters. The fourth-order valence-electron chi connectivity index (χ4n) is 3.26. The first-order chi connectivity index (χ1) is 14.1. The highest BCUT2D eigenvalue weighted by Crippen LogP contribution is 2.34. The number of hydrogen-bond donors (Lipinski definition) is 1. The van der Waals surface area contributed by atoms with Crippen LogP contribution in [-0.2, 0) is 9.59 Å². The average molecular weight is 406 g/mol. The van der Waals surface area contributed by atoms with Gasteiger partial charge in [-0.3, -0.25) is 9.59 Å². The molecule has 146 valence electrons. The van der Waals surface area contributed by atoms with E-state index in [1.165, 1.54) is 17.0 Å². The Morgan fingerprint density at radius 3 is 2.41 bits per heavy atom. The number of nitrogens with one attached hydrogen (secondary N) is 1. The van der Waals surface area contributed by atoms with Gasteiger partial charge in [0.05, 0.1) is 11.6 Å². The van der Waals surface area contributed by atoms with Crippen molar-refractivity contribution in [1.82, 2.24) is 0 Å². The summed E-state index contributed by atoms with van der Waals surface area (Å²) in [5.41, 5.74) is 1.32. The van der Waals surface area contributed by atoms with Crippen molar-refractivity contribution >= 4 is 35.0 Å². The number of para-hydroxylation sites is 1. The third-order valence-corrected chi connectivity index (χ3v) is 5.83. The second-order valence-corrected chi connectivity index (χ2v) is 7.90. The number of benzene rings is 3. The zero-order valence-electron chi connectivity index (χ0n) is 15.5. The van der Waals surface area contributed by atoms with Gasteiger partial charge in [-0.25, -0.2) is 4.39 Å². The van der Waals surface area contributed by atoms with Crippen LogP contribution in [0.25, 0.3) is 0 Å². The van der Waals surface area contributed by atoms with Gasteiger partial charge in [0.2, 0.25) is 11.8 Å². The predicted molar refractivity (Wildman–Crippen MR) is 112 cm³/mol. The first-order valence-corrected chi connectivity index (χ1v) is 10.1. The summed E-state index contributed by atoms with van der Waals surface area (Å²) < 4.78 is 13.1. The molecule has 1 aliphatic rings. The SMILES string of the molecule is O=C(Nc1ccccc1Sc1ccccc1)[C@@H]1CC(=O)N(c2ccc(F)cc2)C1. The molecule has 4 nitrogen and oxygen atoms in total. The molecule has 2 amide bonds. The molecule has 0 saturated carbocycles. The number of carbonyl (C=O) groups excluding carboxylic acids is 2. The van der Waals surface area contributed by atoms with Crippen molar-refractivity contribution in [2.75, 3.05) is 16.8 Å². The van der Waals surface area contributed by atoms with Crippen LogP contribution in [0.15, 0.2) is 88.7 Å². The summed E-state index contributed by atoms with van der Waals surface area (Å²) in [6.07, 6.45) is 0.136. The molecule has 0 radical (unpaired) electrons. The highest BCUT2D eigenvalue weighted by Gasteiger charge is 2.35. The summed E-state index contributed by atoms with van der Waals surface area (Å²) in [5.74, 6) is -1.14. The molecule has 0 aliphatic carbocycles. The lowest BCUT2D eigenvalue weighted by Crippen LogP contribution is -2.28. The summed E-state index contributed by atoms with van der Waals surface area (Å²) in [6, 6.07) is 23.3. The van der Waals surface area contributed by atoms with Crippen molar-refractivity contribution in [3.05, 3.63) is 84.7 Å². The Morgan fingerprint density at radius 2 is 1.66 bits per heavy atom. The number of anilines is 2. The van der Waals surface area contributed by atoms with Crippen LogP contribution in [0.1, 0.15) is 6.42 Å². The second-order valence-electron chi connectivity index (χ2n) is 6.78. The number of amides is 2. The van der Waals surface area contributed by atoms with Crippen LogP contribution in [0, 0.1) is 11.7 Å². The minimum absolute atomic E-state index is 0.135. The molecule has 3 aromatic carbocycles. The third kappa shape index (κ3) is 4.49. The molecule has 1 N–H and O–H groups in total. The van der Waals surface area contributed by atoms with Crippen molar-refractivity contribution in [2.24, 2.45) is 5.92 Å². The lowest BCUT2D eigenvalue weighted by molar-refractivity contribution is -0.122. The summed E-state index contributed by atoms with van der Waals surface area (Å²) in [4.78, 5) is 28.8. The molecular weight excluding hydrogens is 387 g/mol. The Bertz CT molecular complexity index is 1020. The number of hydrogen-bond acceptors (Lipinski definition) is 3. The van der Waals surface area contributed by atoms with Gasteiger partial charge in [-0.2, -0.15) is 0 Å². The number of carbonyl (C=O) groups is 2. The standard InChI is InChI=1S/C23H19FN2O2S/c24-17-10-12-18(13-11-17)26-15-16(14-22(26)27)23(28)25-20-8-4-5-9-21(20)29-19-6-2-1-3-7-19/h1-13,16H,14-15H2,(H,25,28)/t16-/m1/s1. The van der Waals surface area contributed by atoms with Crippen LogP contribution < -0.4 is 10.2 Å². The summed E-state index contributed by atoms with van der Waals surface area (Å²) in [5, 5.41) is 2.98. The summed E-state index contributed by atoms with van der Waals surface area (Å²) >= 11 is 1.57. The Balaban J connectivity index is 1.46. The topological polar surface area (TPSA) is 49.4 Å². The highest BCUT2D eigenvalue weighted by molar-refractivity contribution is 7.99. The molecule has 3 aromatic rings. The van der Waals surface area contributed by atoms with Gasteiger partial charge in [0.1, 0.15) is 5.82 Å². The highest BCUT2D eigenvalue weighted by atomic mass is 32.2. The van der Waals surface area contributed by atoms with E-state index in [4.69, 9.17) is 0 Å². The van der Waals surface area contributed by atoms with Crippen molar-refractivity contribution in [1.29, 1.82) is 0 Å². The molecule has 1 heterocycles. The monoisotopic (exact) mass is 406 g/mol. The third-order valence-electron chi connectivity index (χ3n) is 4.75. The zero-order valence-corrected chi connectivity index (χ0v) is 16.4. The van der Waals surface area contributed by atoms with Crippen LogP contribution in [0.2, 0.25) is 0 Å². The first kappa shape index (κ1) is 19.2. The van der Waals surface area contributed by atoms with Gasteiger partial charge in [0.15, 0.2) is 0 Å². The molecule has 1 aliphatic heterocycles. The van der Waals surface area contributed by atoms with E-state index in [9.17, 15) is 14.0 Å². The van der Waals surface area contributed by atoms with E-state index >= 15 is 0 Å². The van der Waals surface area contributed by atoms with E-state index in [0.29, 0.717) is 5.69 Å². The molecule has 0 aromatic heterocycles. The van der Waals surface area contributed by atoms with E-state index in [2.05, 4.69) is 5.32 Å². The Hall–Kier alpha value is -3.12. The molecule has 1 fully saturated rings. The van der Waals surface area contributed by atoms with Crippen molar-refractivity contribution in [2.45, 2.75) is 16.2 Å². The van der Waals surface area contributed by atoms with Gasteiger partial charge < -0.3 is 10.2 Å². The Labute approximate surface area is 172 Å². The molecular formula is C23H19FN2O2S. The first-order valence-electron chi connectivity index (χ1n) is 9.29. The molecule has 0 spiro atoms. The lowest BCUT2D eigenvalue weighted by Gasteiger charge is -2.17. The number of halogens is 1. The van der Waals surface area contributed by atoms with E-state index in [1.54, 1.807) is 23.9 Å². The van der Waals surface area contributed by atoms with Crippen LogP contribution >= 0.6 is 11.8 Å². The van der Waals surface area contributed by atoms with Gasteiger partial charge >= 0.3 is 0 Å². The molecule has 4 rings (SSSR count). The van der Waals surface area contributed by atoms with Gasteiger partial charge in [0.25, 0.3) is 0 Å². The van der Waals surface area contributed by atoms with Crippen LogP contribution in [-0.4, -0.2) is 18.4 Å². The summed E-state index contributed by atoms with van der Waals surface area (Å²) in [6.45, 7) is 0.282. The minimum Gasteiger partial charge on any atom is -0.325 e. The second kappa shape index (κ2) is 8.49. The number of nitrogens with zero attached hydrogens (tertiary/aromatic N) is 1. The maximum Gasteiger partial charge on any atom is 0.229 e. The van der Waals surface area contributed by atoms with Crippen LogP contribution in [0.4, 0.5) is 15.8 Å². The molecule has 1 saturated heterocycles. The largest absolute Gasteiger partial charge is 0.325 e. The Kier molecular flexibility index (Phi) is 5.62. The lowest BCUT2D eigenvalue weighted by atomic mass is 10.1. The molecule has 29 heavy (non-hydrogen) atoms. The van der Waals surface area contributed by atoms with Crippen molar-refractivity contribution < 1.29 is 14.0 Å². The van der Waals surface area contributed by atoms with Gasteiger partial charge in [0, 0.05) is 28.4 Å². The smallest absolute Gasteiger partial charge is 0.229 e. The van der Waals surface area contributed by atoms with Crippen LogP contribution in [0.5, 0.6) is 0 Å². The van der Waals surface area contributed by atoms with Gasteiger partial charge in [-0.05, 0) is 48.5 Å². The van der Waals surface area contributed by atoms with Crippen LogP contribution in [0.3, 0.4) is 0 Å². The van der Waals surface area contributed by atoms with Crippen molar-refractivity contribution in [3.8, 4) is 0 Å². The quantitative estimate of drug-likeness (QED) is 0.651. The zero-order chi connectivity index (χ0) is 20.2. The fourth-order valence-corrected chi connectivity index (χ4v) is 4.19. The molecule has 0 bridgehead atoms. The Morgan fingerprint density at radius 1 is 0.966 bits per heavy atom. The molecule has 6 heteroatoms. The molecule has 0 unspecified atom stereocenters. The van der Waals surface area contributed by atoms with E-state index in [0.717, 1.165) is 15.5 Å². The van der Waals surface area contributed by atoms with E-state index < -0.39 is 5.92 Å². The summed E-state index contributed by atoms with van der Waals surface area (Å²) in [7, 11) is 0. The maximum absolute atomic E-state index is 13.1. The fraction of sp³-hybridized carbons (Fsp3) is 0.130. The minimum atomic E-state index is -0.456. The maximum atomic E-state index is 13.1. The van der Waals surface area contributed by atoms with E-state index in [1.807, 2.05) is 54.6 Å². The normalized spacial score (nSPS) is 16.1. The average Bonchev–Trinajstić information content (AvgIpc) is 3.13. The van der Waals surface area contributed by atoms with E-state index in [-0.39, 0.29) is 30.6 Å².